The van der Waals surface area contributed by atoms with Gasteiger partial charge in [0.15, 0.2) is 5.11 Å². The highest BCUT2D eigenvalue weighted by Gasteiger charge is 2.03. The molecule has 0 radical (unpaired) electrons. The number of hydrogen-bond donors (Lipinski definition) is 2. The summed E-state index contributed by atoms with van der Waals surface area (Å²) in [5, 5.41) is 10.8. The van der Waals surface area contributed by atoms with Crippen LogP contribution in [0.4, 0.5) is 5.69 Å². The van der Waals surface area contributed by atoms with E-state index in [4.69, 9.17) is 23.8 Å². The van der Waals surface area contributed by atoms with Gasteiger partial charge in [-0.2, -0.15) is 5.10 Å². The van der Waals surface area contributed by atoms with Gasteiger partial charge in [0.25, 0.3) is 0 Å². The zero-order valence-corrected chi connectivity index (χ0v) is 14.7. The highest BCUT2D eigenvalue weighted by Crippen LogP contribution is 2.22. The normalized spacial score (nSPS) is 10.9. The molecular weight excluding hydrogens is 338 g/mol. The smallest absolute Gasteiger partial charge is 0.191 e. The van der Waals surface area contributed by atoms with Crippen LogP contribution < -0.4 is 10.7 Å². The van der Waals surface area contributed by atoms with E-state index in [9.17, 15) is 0 Å². The second kappa shape index (κ2) is 7.43. The topological polar surface area (TPSA) is 36.4 Å². The molecule has 0 amide bonds. The first-order valence-corrected chi connectivity index (χ1v) is 8.27. The number of nitrogens with one attached hydrogen (secondary N) is 2. The molecule has 0 aliphatic heterocycles. The van der Waals surface area contributed by atoms with Gasteiger partial charge >= 0.3 is 0 Å². The number of thiocarbonyl (C=S) groups is 1. The van der Waals surface area contributed by atoms with Crippen molar-refractivity contribution in [2.45, 2.75) is 6.92 Å². The fourth-order valence-electron chi connectivity index (χ4n) is 2.42. The van der Waals surface area contributed by atoms with E-state index in [1.54, 1.807) is 6.21 Å². The maximum Gasteiger partial charge on any atom is 0.191 e. The van der Waals surface area contributed by atoms with Gasteiger partial charge in [-0.25, -0.2) is 0 Å². The summed E-state index contributed by atoms with van der Waals surface area (Å²) in [5.74, 6) is 0. The van der Waals surface area contributed by atoms with Crippen molar-refractivity contribution < 1.29 is 0 Å². The summed E-state index contributed by atoms with van der Waals surface area (Å²) >= 11 is 11.4. The Kier molecular flexibility index (Phi) is 5.08. The van der Waals surface area contributed by atoms with Gasteiger partial charge in [0, 0.05) is 16.3 Å². The Hall–Kier alpha value is -2.43. The van der Waals surface area contributed by atoms with Crippen LogP contribution in [-0.2, 0) is 0 Å². The number of rotatable bonds is 3. The van der Waals surface area contributed by atoms with Crippen molar-refractivity contribution in [3.8, 4) is 0 Å². The molecule has 0 aliphatic carbocycles. The van der Waals surface area contributed by atoms with Crippen molar-refractivity contribution in [2.75, 3.05) is 5.32 Å². The van der Waals surface area contributed by atoms with E-state index in [1.807, 2.05) is 49.4 Å². The molecule has 3 aromatic rings. The van der Waals surface area contributed by atoms with E-state index < -0.39 is 0 Å². The number of nitrogens with zero attached hydrogens (tertiary/aromatic N) is 1. The van der Waals surface area contributed by atoms with Crippen LogP contribution in [0, 0.1) is 6.92 Å². The first kappa shape index (κ1) is 16.4. The quantitative estimate of drug-likeness (QED) is 0.389. The Morgan fingerprint density at radius 2 is 1.79 bits per heavy atom. The molecule has 0 aliphatic rings. The Balaban J connectivity index is 1.69. The first-order chi connectivity index (χ1) is 11.6. The Morgan fingerprint density at radius 3 is 2.67 bits per heavy atom. The van der Waals surface area contributed by atoms with Crippen molar-refractivity contribution in [3.05, 3.63) is 76.8 Å². The lowest BCUT2D eigenvalue weighted by atomic mass is 10.1. The van der Waals surface area contributed by atoms with Crippen LogP contribution >= 0.6 is 23.8 Å². The lowest BCUT2D eigenvalue weighted by molar-refractivity contribution is 1.05. The second-order valence-corrected chi connectivity index (χ2v) is 6.12. The number of fused-ring (bicyclic) bond motifs is 1. The van der Waals surface area contributed by atoms with Crippen LogP contribution in [-0.4, -0.2) is 11.3 Å². The Bertz CT molecular complexity index is 916. The van der Waals surface area contributed by atoms with Gasteiger partial charge in [-0.3, -0.25) is 5.43 Å². The summed E-state index contributed by atoms with van der Waals surface area (Å²) in [7, 11) is 0. The summed E-state index contributed by atoms with van der Waals surface area (Å²) in [5.41, 5.74) is 5.67. The third-order valence-corrected chi connectivity index (χ3v) is 4.31. The second-order valence-electron chi connectivity index (χ2n) is 5.30. The average molecular weight is 354 g/mol. The van der Waals surface area contributed by atoms with E-state index in [1.165, 1.54) is 5.39 Å². The van der Waals surface area contributed by atoms with Gasteiger partial charge in [0.05, 0.1) is 6.21 Å². The molecule has 3 aromatic carbocycles. The summed E-state index contributed by atoms with van der Waals surface area (Å²) in [6.45, 7) is 1.94. The van der Waals surface area contributed by atoms with Crippen LogP contribution in [0.1, 0.15) is 11.1 Å². The monoisotopic (exact) mass is 353 g/mol. The molecule has 0 saturated carbocycles. The van der Waals surface area contributed by atoms with Gasteiger partial charge in [0.1, 0.15) is 0 Å². The number of benzene rings is 3. The van der Waals surface area contributed by atoms with Gasteiger partial charge in [-0.1, -0.05) is 60.1 Å². The third kappa shape index (κ3) is 3.72. The van der Waals surface area contributed by atoms with Gasteiger partial charge in [-0.15, -0.1) is 0 Å². The molecule has 3 rings (SSSR count). The minimum Gasteiger partial charge on any atom is -0.331 e. The number of hydrogen-bond acceptors (Lipinski definition) is 2. The summed E-state index contributed by atoms with van der Waals surface area (Å²) in [4.78, 5) is 0. The molecule has 0 atom stereocenters. The molecule has 0 unspecified atom stereocenters. The first-order valence-electron chi connectivity index (χ1n) is 7.48. The highest BCUT2D eigenvalue weighted by molar-refractivity contribution is 7.80. The molecule has 5 heteroatoms. The molecule has 0 fully saturated rings. The lowest BCUT2D eigenvalue weighted by Gasteiger charge is -2.10. The largest absolute Gasteiger partial charge is 0.331 e. The number of halogens is 1. The molecule has 3 nitrogen and oxygen atoms in total. The summed E-state index contributed by atoms with van der Waals surface area (Å²) in [6.07, 6.45) is 1.77. The third-order valence-electron chi connectivity index (χ3n) is 3.71. The van der Waals surface area contributed by atoms with E-state index in [-0.39, 0.29) is 0 Å². The van der Waals surface area contributed by atoms with Crippen LogP contribution in [0.2, 0.25) is 5.02 Å². The minimum absolute atomic E-state index is 0.414. The van der Waals surface area contributed by atoms with E-state index in [0.29, 0.717) is 10.1 Å². The molecule has 120 valence electrons. The average Bonchev–Trinajstić information content (AvgIpc) is 2.59. The fourth-order valence-corrected chi connectivity index (χ4v) is 2.75. The lowest BCUT2D eigenvalue weighted by Crippen LogP contribution is -2.24. The number of hydrazone groups is 1. The summed E-state index contributed by atoms with van der Waals surface area (Å²) in [6, 6.07) is 19.9. The zero-order chi connectivity index (χ0) is 16.9. The van der Waals surface area contributed by atoms with Crippen molar-refractivity contribution in [3.63, 3.8) is 0 Å². The number of anilines is 1. The van der Waals surface area contributed by atoms with Crippen LogP contribution in [0.5, 0.6) is 0 Å². The maximum absolute atomic E-state index is 6.10. The van der Waals surface area contributed by atoms with Crippen LogP contribution in [0.15, 0.2) is 65.8 Å². The molecule has 0 spiro atoms. The van der Waals surface area contributed by atoms with Crippen molar-refractivity contribution in [2.24, 2.45) is 5.10 Å². The molecule has 0 heterocycles. The van der Waals surface area contributed by atoms with Crippen molar-refractivity contribution >= 4 is 51.6 Å². The van der Waals surface area contributed by atoms with Gasteiger partial charge in [0.2, 0.25) is 0 Å². The molecule has 0 saturated heterocycles. The predicted molar refractivity (Wildman–Crippen MR) is 107 cm³/mol. The summed E-state index contributed by atoms with van der Waals surface area (Å²) < 4.78 is 0. The van der Waals surface area contributed by atoms with Crippen LogP contribution in [0.3, 0.4) is 0 Å². The Morgan fingerprint density at radius 1 is 1.04 bits per heavy atom. The molecular formula is C19H16ClN3S. The van der Waals surface area contributed by atoms with E-state index in [0.717, 1.165) is 22.2 Å². The van der Waals surface area contributed by atoms with Crippen LogP contribution in [0.25, 0.3) is 10.8 Å². The molecule has 2 N–H and O–H groups in total. The van der Waals surface area contributed by atoms with Crippen molar-refractivity contribution in [1.82, 2.24) is 5.43 Å². The fraction of sp³-hybridized carbons (Fsp3) is 0.0526. The molecule has 0 bridgehead atoms. The van der Waals surface area contributed by atoms with Gasteiger partial charge < -0.3 is 5.32 Å². The van der Waals surface area contributed by atoms with Crippen molar-refractivity contribution in [1.29, 1.82) is 0 Å². The van der Waals surface area contributed by atoms with E-state index in [2.05, 4.69) is 34.0 Å². The SMILES string of the molecule is Cc1c(Cl)cccc1NC(=S)NN=Cc1cccc2ccccc12. The van der Waals surface area contributed by atoms with Gasteiger partial charge in [-0.05, 0) is 47.6 Å². The maximum atomic E-state index is 6.10. The molecule has 24 heavy (non-hydrogen) atoms. The minimum atomic E-state index is 0.414. The molecule has 0 aromatic heterocycles. The highest BCUT2D eigenvalue weighted by atomic mass is 35.5. The zero-order valence-electron chi connectivity index (χ0n) is 13.1. The Labute approximate surface area is 151 Å². The predicted octanol–water partition coefficient (Wildman–Crippen LogP) is 5.12. The van der Waals surface area contributed by atoms with E-state index >= 15 is 0 Å². The standard InChI is InChI=1S/C19H16ClN3S/c1-13-17(20)10-5-11-18(13)22-19(24)23-21-12-15-8-4-7-14-6-2-3-9-16(14)15/h2-12H,1H3,(H2,22,23,24).